The number of hydrogen-bond donors (Lipinski definition) is 0. The number of allylic oxidation sites excluding steroid dienone is 3. The maximum atomic E-state index is 11.2. The average molecular weight is 354 g/mol. The summed E-state index contributed by atoms with van der Waals surface area (Å²) in [6, 6.07) is 7.68. The van der Waals surface area contributed by atoms with Gasteiger partial charge in [0.2, 0.25) is 0 Å². The first-order valence-corrected chi connectivity index (χ1v) is 9.48. The minimum absolute atomic E-state index is 0.677. The van der Waals surface area contributed by atoms with Gasteiger partial charge >= 0.3 is 0 Å². The van der Waals surface area contributed by atoms with E-state index in [4.69, 9.17) is 4.99 Å². The molecule has 1 fully saturated rings. The molecule has 4 heteroatoms. The smallest absolute Gasteiger partial charge is 0.150 e. The molecule has 26 heavy (non-hydrogen) atoms. The van der Waals surface area contributed by atoms with E-state index in [0.717, 1.165) is 68.0 Å². The normalized spacial score (nSPS) is 18.0. The Kier molecular flexibility index (Phi) is 7.79. The molecule has 0 atom stereocenters. The molecule has 1 heterocycles. The largest absolute Gasteiger partial charge is 0.359 e. The Morgan fingerprint density at radius 2 is 2.04 bits per heavy atom. The monoisotopic (exact) mass is 353 g/mol. The van der Waals surface area contributed by atoms with E-state index < -0.39 is 0 Å². The predicted octanol–water partition coefficient (Wildman–Crippen LogP) is 4.25. The van der Waals surface area contributed by atoms with Crippen molar-refractivity contribution in [3.63, 3.8) is 0 Å². The van der Waals surface area contributed by atoms with Gasteiger partial charge in [-0.1, -0.05) is 36.8 Å². The number of rotatable bonds is 5. The van der Waals surface area contributed by atoms with Crippen LogP contribution in [0.15, 0.2) is 47.0 Å². The third-order valence-electron chi connectivity index (χ3n) is 4.79. The molecule has 2 rings (SSSR count). The van der Waals surface area contributed by atoms with Crippen LogP contribution in [0.1, 0.15) is 49.5 Å². The van der Waals surface area contributed by atoms with Crippen molar-refractivity contribution < 1.29 is 4.79 Å². The maximum absolute atomic E-state index is 11.2. The fourth-order valence-corrected chi connectivity index (χ4v) is 3.07. The molecular weight excluding hydrogens is 322 g/mol. The second-order valence-corrected chi connectivity index (χ2v) is 6.83. The molecule has 1 saturated heterocycles. The number of aliphatic imine (C=N–C) groups is 1. The highest BCUT2D eigenvalue weighted by Gasteiger charge is 2.15. The van der Waals surface area contributed by atoms with Gasteiger partial charge in [0, 0.05) is 37.2 Å². The van der Waals surface area contributed by atoms with E-state index >= 15 is 0 Å². The fourth-order valence-electron chi connectivity index (χ4n) is 3.07. The number of hydrogen-bond acceptors (Lipinski definition) is 3. The fraction of sp³-hybridized carbons (Fsp3) is 0.455. The summed E-state index contributed by atoms with van der Waals surface area (Å²) in [4.78, 5) is 21.0. The van der Waals surface area contributed by atoms with E-state index in [9.17, 15) is 4.79 Å². The number of carbonyl (C=O) groups excluding carboxylic acids is 1. The van der Waals surface area contributed by atoms with Crippen LogP contribution in [0.3, 0.4) is 0 Å². The second-order valence-electron chi connectivity index (χ2n) is 6.83. The standard InChI is InChI=1S/C22H31N3O/c1-5-18(3)15-21(20-10-7-9-19(16-20)17-26)23-22(6-2)25-12-8-11-24(4)13-14-25/h5,7,9-10,15-17H,6,8,11-14H2,1-4H3/b18-5?,21-15-,23-22?. The molecule has 0 aliphatic carbocycles. The van der Waals surface area contributed by atoms with Gasteiger partial charge in [0.05, 0.1) is 5.70 Å². The Morgan fingerprint density at radius 3 is 2.73 bits per heavy atom. The van der Waals surface area contributed by atoms with E-state index in [1.165, 1.54) is 0 Å². The zero-order chi connectivity index (χ0) is 18.9. The molecule has 1 aliphatic heterocycles. The van der Waals surface area contributed by atoms with Gasteiger partial charge in [-0.15, -0.1) is 0 Å². The lowest BCUT2D eigenvalue weighted by Crippen LogP contribution is -2.34. The minimum atomic E-state index is 0.677. The van der Waals surface area contributed by atoms with E-state index in [0.29, 0.717) is 5.56 Å². The zero-order valence-corrected chi connectivity index (χ0v) is 16.5. The Hall–Kier alpha value is -2.20. The molecule has 0 radical (unpaired) electrons. The molecule has 140 valence electrons. The molecule has 0 spiro atoms. The molecule has 1 aromatic rings. The molecule has 0 bridgehead atoms. The molecule has 0 N–H and O–H groups in total. The topological polar surface area (TPSA) is 35.9 Å². The Bertz CT molecular complexity index is 703. The third kappa shape index (κ3) is 5.67. The van der Waals surface area contributed by atoms with Crippen molar-refractivity contribution in [2.45, 2.75) is 33.6 Å². The van der Waals surface area contributed by atoms with Crippen LogP contribution in [0.25, 0.3) is 5.70 Å². The number of nitrogens with zero attached hydrogens (tertiary/aromatic N) is 3. The van der Waals surface area contributed by atoms with Crippen LogP contribution in [0.5, 0.6) is 0 Å². The van der Waals surface area contributed by atoms with Crippen LogP contribution < -0.4 is 0 Å². The van der Waals surface area contributed by atoms with Gasteiger partial charge in [-0.2, -0.15) is 0 Å². The van der Waals surface area contributed by atoms with Crippen molar-refractivity contribution in [1.29, 1.82) is 0 Å². The highest BCUT2D eigenvalue weighted by molar-refractivity contribution is 5.89. The Balaban J connectivity index is 2.41. The molecule has 1 aromatic carbocycles. The van der Waals surface area contributed by atoms with Gasteiger partial charge in [-0.3, -0.25) is 4.79 Å². The van der Waals surface area contributed by atoms with Gasteiger partial charge in [0.15, 0.2) is 0 Å². The highest BCUT2D eigenvalue weighted by atomic mass is 16.1. The summed E-state index contributed by atoms with van der Waals surface area (Å²) in [5.74, 6) is 1.12. The number of carbonyl (C=O) groups is 1. The summed E-state index contributed by atoms with van der Waals surface area (Å²) in [5, 5.41) is 0. The molecule has 1 aliphatic rings. The molecular formula is C22H31N3O. The third-order valence-corrected chi connectivity index (χ3v) is 4.79. The van der Waals surface area contributed by atoms with Crippen molar-refractivity contribution in [3.05, 3.63) is 53.1 Å². The van der Waals surface area contributed by atoms with Crippen LogP contribution in [-0.2, 0) is 0 Å². The van der Waals surface area contributed by atoms with Crippen molar-refractivity contribution in [2.75, 3.05) is 33.2 Å². The summed E-state index contributed by atoms with van der Waals surface area (Å²) >= 11 is 0. The van der Waals surface area contributed by atoms with Gasteiger partial charge in [0.25, 0.3) is 0 Å². The molecule has 0 aromatic heterocycles. The summed E-state index contributed by atoms with van der Waals surface area (Å²) in [7, 11) is 2.18. The Labute approximate surface area is 157 Å². The number of amidine groups is 1. The van der Waals surface area contributed by atoms with E-state index in [1.807, 2.05) is 31.2 Å². The van der Waals surface area contributed by atoms with Crippen LogP contribution >= 0.6 is 0 Å². The van der Waals surface area contributed by atoms with E-state index in [2.05, 4.69) is 42.8 Å². The summed E-state index contributed by atoms with van der Waals surface area (Å²) in [6.07, 6.45) is 7.11. The van der Waals surface area contributed by atoms with E-state index in [-0.39, 0.29) is 0 Å². The van der Waals surface area contributed by atoms with Crippen LogP contribution in [0, 0.1) is 0 Å². The highest BCUT2D eigenvalue weighted by Crippen LogP contribution is 2.21. The lowest BCUT2D eigenvalue weighted by Gasteiger charge is -2.24. The first kappa shape index (κ1) is 20.1. The van der Waals surface area contributed by atoms with Crippen molar-refractivity contribution in [3.8, 4) is 0 Å². The minimum Gasteiger partial charge on any atom is -0.359 e. The molecule has 0 saturated carbocycles. The first-order chi connectivity index (χ1) is 12.6. The van der Waals surface area contributed by atoms with Gasteiger partial charge in [0.1, 0.15) is 12.1 Å². The first-order valence-electron chi connectivity index (χ1n) is 9.48. The Morgan fingerprint density at radius 1 is 1.23 bits per heavy atom. The SMILES string of the molecule is CC=C(C)/C=C(\N=C(CC)N1CCCN(C)CC1)c1cccc(C=O)c1. The lowest BCUT2D eigenvalue weighted by molar-refractivity contribution is 0.112. The summed E-state index contributed by atoms with van der Waals surface area (Å²) in [6.45, 7) is 10.5. The molecule has 0 amide bonds. The maximum Gasteiger partial charge on any atom is 0.150 e. The zero-order valence-electron chi connectivity index (χ0n) is 16.5. The van der Waals surface area contributed by atoms with Crippen LogP contribution in [0.2, 0.25) is 0 Å². The van der Waals surface area contributed by atoms with Crippen LogP contribution in [0.4, 0.5) is 0 Å². The van der Waals surface area contributed by atoms with Crippen LogP contribution in [-0.4, -0.2) is 55.1 Å². The van der Waals surface area contributed by atoms with E-state index in [1.54, 1.807) is 0 Å². The summed E-state index contributed by atoms with van der Waals surface area (Å²) < 4.78 is 0. The van der Waals surface area contributed by atoms with Crippen molar-refractivity contribution >= 4 is 17.8 Å². The molecule has 0 unspecified atom stereocenters. The summed E-state index contributed by atoms with van der Waals surface area (Å²) in [5.41, 5.74) is 3.73. The van der Waals surface area contributed by atoms with Gasteiger partial charge < -0.3 is 9.80 Å². The van der Waals surface area contributed by atoms with Gasteiger partial charge in [-0.25, -0.2) is 4.99 Å². The number of likely N-dealkylation sites (N-methyl/N-ethyl adjacent to an activating group) is 1. The number of aldehydes is 1. The molecule has 4 nitrogen and oxygen atoms in total. The average Bonchev–Trinajstić information content (AvgIpc) is 2.89. The second kappa shape index (κ2) is 10.1. The van der Waals surface area contributed by atoms with Gasteiger partial charge in [-0.05, 0) is 46.0 Å². The van der Waals surface area contributed by atoms with Crippen molar-refractivity contribution in [2.24, 2.45) is 4.99 Å². The quantitative estimate of drug-likeness (QED) is 0.344. The lowest BCUT2D eigenvalue weighted by atomic mass is 10.1. The van der Waals surface area contributed by atoms with Crippen molar-refractivity contribution in [1.82, 2.24) is 9.80 Å². The number of benzene rings is 1. The predicted molar refractivity (Wildman–Crippen MR) is 111 cm³/mol.